The molecule has 78 valence electrons. The lowest BCUT2D eigenvalue weighted by atomic mass is 10.1. The van der Waals surface area contributed by atoms with E-state index in [0.717, 1.165) is 10.2 Å². The monoisotopic (exact) mass is 212 g/mol. The molecule has 0 radical (unpaired) electrons. The molecular weight excluding hydrogens is 204 g/mol. The Kier molecular flexibility index (Phi) is 2.40. The molecule has 0 atom stereocenters. The van der Waals surface area contributed by atoms with E-state index in [0.29, 0.717) is 5.69 Å². The van der Waals surface area contributed by atoms with Gasteiger partial charge < -0.3 is 5.84 Å². The van der Waals surface area contributed by atoms with Crippen LogP contribution in [0.1, 0.15) is 5.56 Å². The van der Waals surface area contributed by atoms with Crippen LogP contribution >= 0.6 is 0 Å². The molecule has 0 aliphatic heterocycles. The second-order valence-corrected chi connectivity index (χ2v) is 3.16. The summed E-state index contributed by atoms with van der Waals surface area (Å²) in [6.07, 6.45) is 1.20. The smallest absolute Gasteiger partial charge is 0.290 e. The molecule has 2 N–H and O–H groups in total. The summed E-state index contributed by atoms with van der Waals surface area (Å²) in [5, 5.41) is 8.93. The summed E-state index contributed by atoms with van der Waals surface area (Å²) < 4.78 is 0.797. The van der Waals surface area contributed by atoms with Gasteiger partial charge in [-0.05, 0) is 0 Å². The van der Waals surface area contributed by atoms with Crippen molar-refractivity contribution in [3.8, 4) is 17.3 Å². The summed E-state index contributed by atoms with van der Waals surface area (Å²) in [4.78, 5) is 15.6. The summed E-state index contributed by atoms with van der Waals surface area (Å²) in [7, 11) is 0. The van der Waals surface area contributed by atoms with Crippen LogP contribution in [0.3, 0.4) is 0 Å². The molecule has 5 heteroatoms. The molecule has 2 rings (SSSR count). The van der Waals surface area contributed by atoms with Gasteiger partial charge in [-0.3, -0.25) is 4.79 Å². The topological polar surface area (TPSA) is 84.7 Å². The van der Waals surface area contributed by atoms with Crippen LogP contribution in [0.25, 0.3) is 11.3 Å². The molecule has 1 heterocycles. The van der Waals surface area contributed by atoms with Crippen molar-refractivity contribution in [3.05, 3.63) is 52.6 Å². The standard InChI is InChI=1S/C11H8N4O/c12-6-9-10(8-4-2-1-3-5-8)14-7-15(13)11(9)16/h1-5,7H,13H2. The molecule has 0 amide bonds. The Labute approximate surface area is 91.4 Å². The summed E-state index contributed by atoms with van der Waals surface area (Å²) in [6.45, 7) is 0. The van der Waals surface area contributed by atoms with E-state index in [1.165, 1.54) is 6.33 Å². The van der Waals surface area contributed by atoms with E-state index < -0.39 is 5.56 Å². The van der Waals surface area contributed by atoms with E-state index in [2.05, 4.69) is 4.98 Å². The first-order chi connectivity index (χ1) is 7.74. The maximum absolute atomic E-state index is 11.6. The molecular formula is C11H8N4O. The molecule has 1 aromatic heterocycles. The van der Waals surface area contributed by atoms with Crippen LogP contribution < -0.4 is 11.4 Å². The van der Waals surface area contributed by atoms with E-state index in [9.17, 15) is 4.79 Å². The number of hydrogen-bond acceptors (Lipinski definition) is 4. The van der Waals surface area contributed by atoms with Gasteiger partial charge in [-0.15, -0.1) is 0 Å². The van der Waals surface area contributed by atoms with Crippen LogP contribution in [0.4, 0.5) is 0 Å². The van der Waals surface area contributed by atoms with Gasteiger partial charge in [0.2, 0.25) is 0 Å². The normalized spacial score (nSPS) is 9.69. The largest absolute Gasteiger partial charge is 0.335 e. The third-order valence-corrected chi connectivity index (χ3v) is 2.16. The van der Waals surface area contributed by atoms with Crippen molar-refractivity contribution < 1.29 is 0 Å². The minimum absolute atomic E-state index is 0.0452. The van der Waals surface area contributed by atoms with Crippen LogP contribution in [0.2, 0.25) is 0 Å². The van der Waals surface area contributed by atoms with Gasteiger partial charge in [0, 0.05) is 5.56 Å². The minimum Gasteiger partial charge on any atom is -0.335 e. The Morgan fingerprint density at radius 3 is 2.62 bits per heavy atom. The lowest BCUT2D eigenvalue weighted by Crippen LogP contribution is -2.29. The van der Waals surface area contributed by atoms with Gasteiger partial charge in [-0.2, -0.15) is 5.26 Å². The minimum atomic E-state index is -0.545. The lowest BCUT2D eigenvalue weighted by molar-refractivity contribution is 0.886. The molecule has 0 bridgehead atoms. The molecule has 0 aliphatic carbocycles. The Morgan fingerprint density at radius 1 is 1.31 bits per heavy atom. The van der Waals surface area contributed by atoms with E-state index in [4.69, 9.17) is 11.1 Å². The number of benzene rings is 1. The predicted molar refractivity (Wildman–Crippen MR) is 58.8 cm³/mol. The van der Waals surface area contributed by atoms with Crippen molar-refractivity contribution in [2.75, 3.05) is 5.84 Å². The molecule has 0 unspecified atom stereocenters. The maximum atomic E-state index is 11.6. The van der Waals surface area contributed by atoms with Crippen LogP contribution in [-0.2, 0) is 0 Å². The Morgan fingerprint density at radius 2 is 2.00 bits per heavy atom. The summed E-state index contributed by atoms with van der Waals surface area (Å²) in [6, 6.07) is 10.9. The zero-order chi connectivity index (χ0) is 11.5. The van der Waals surface area contributed by atoms with Gasteiger partial charge in [0.05, 0.1) is 5.69 Å². The second kappa shape index (κ2) is 3.87. The summed E-state index contributed by atoms with van der Waals surface area (Å²) >= 11 is 0. The molecule has 0 spiro atoms. The van der Waals surface area contributed by atoms with Crippen molar-refractivity contribution in [1.82, 2.24) is 9.66 Å². The average molecular weight is 212 g/mol. The Bertz CT molecular complexity index is 610. The van der Waals surface area contributed by atoms with Crippen molar-refractivity contribution in [2.45, 2.75) is 0 Å². The van der Waals surface area contributed by atoms with E-state index in [1.54, 1.807) is 12.1 Å². The van der Waals surface area contributed by atoms with Crippen molar-refractivity contribution in [3.63, 3.8) is 0 Å². The first kappa shape index (κ1) is 9.93. The number of rotatable bonds is 1. The maximum Gasteiger partial charge on any atom is 0.290 e. The zero-order valence-corrected chi connectivity index (χ0v) is 8.29. The van der Waals surface area contributed by atoms with Crippen LogP contribution in [0, 0.1) is 11.3 Å². The zero-order valence-electron chi connectivity index (χ0n) is 8.29. The van der Waals surface area contributed by atoms with Crippen LogP contribution in [-0.4, -0.2) is 9.66 Å². The van der Waals surface area contributed by atoms with E-state index >= 15 is 0 Å². The molecule has 16 heavy (non-hydrogen) atoms. The SMILES string of the molecule is N#Cc1c(-c2ccccc2)ncn(N)c1=O. The van der Waals surface area contributed by atoms with Gasteiger partial charge in [0.1, 0.15) is 18.0 Å². The van der Waals surface area contributed by atoms with Crippen LogP contribution in [0.5, 0.6) is 0 Å². The Hall–Kier alpha value is -2.61. The van der Waals surface area contributed by atoms with E-state index in [-0.39, 0.29) is 5.56 Å². The number of nitriles is 1. The van der Waals surface area contributed by atoms with Crippen molar-refractivity contribution in [2.24, 2.45) is 0 Å². The van der Waals surface area contributed by atoms with Crippen molar-refractivity contribution in [1.29, 1.82) is 5.26 Å². The molecule has 0 saturated carbocycles. The van der Waals surface area contributed by atoms with Gasteiger partial charge in [-0.25, -0.2) is 9.66 Å². The molecule has 0 saturated heterocycles. The van der Waals surface area contributed by atoms with Gasteiger partial charge in [0.15, 0.2) is 0 Å². The fraction of sp³-hybridized carbons (Fsp3) is 0. The third-order valence-electron chi connectivity index (χ3n) is 2.16. The first-order valence-corrected chi connectivity index (χ1v) is 4.56. The van der Waals surface area contributed by atoms with Gasteiger partial charge in [0.25, 0.3) is 5.56 Å². The number of nitrogen functional groups attached to an aromatic ring is 1. The number of nitrogens with two attached hydrogens (primary N) is 1. The highest BCUT2D eigenvalue weighted by Gasteiger charge is 2.11. The molecule has 5 nitrogen and oxygen atoms in total. The molecule has 2 aromatic rings. The highest BCUT2D eigenvalue weighted by molar-refractivity contribution is 5.65. The number of aromatic nitrogens is 2. The highest BCUT2D eigenvalue weighted by atomic mass is 16.1. The molecule has 1 aromatic carbocycles. The predicted octanol–water partition coefficient (Wildman–Crippen LogP) is 0.496. The molecule has 0 aliphatic rings. The summed E-state index contributed by atoms with van der Waals surface area (Å²) in [5.41, 5.74) is 0.485. The molecule has 0 fully saturated rings. The van der Waals surface area contributed by atoms with Gasteiger partial charge in [-0.1, -0.05) is 30.3 Å². The summed E-state index contributed by atoms with van der Waals surface area (Å²) in [5.74, 6) is 5.33. The number of nitrogens with zero attached hydrogens (tertiary/aromatic N) is 3. The fourth-order valence-corrected chi connectivity index (χ4v) is 1.38. The lowest BCUT2D eigenvalue weighted by Gasteiger charge is -2.03. The second-order valence-electron chi connectivity index (χ2n) is 3.16. The average Bonchev–Trinajstić information content (AvgIpc) is 2.33. The van der Waals surface area contributed by atoms with E-state index in [1.807, 2.05) is 24.3 Å². The van der Waals surface area contributed by atoms with Crippen molar-refractivity contribution >= 4 is 0 Å². The quantitative estimate of drug-likeness (QED) is 0.697. The third kappa shape index (κ3) is 1.53. The van der Waals surface area contributed by atoms with Gasteiger partial charge >= 0.3 is 0 Å². The highest BCUT2D eigenvalue weighted by Crippen LogP contribution is 2.17. The fourth-order valence-electron chi connectivity index (χ4n) is 1.38. The van der Waals surface area contributed by atoms with Crippen LogP contribution in [0.15, 0.2) is 41.5 Å². The first-order valence-electron chi connectivity index (χ1n) is 4.56. The number of hydrogen-bond donors (Lipinski definition) is 1. The Balaban J connectivity index is 2.74.